The Morgan fingerprint density at radius 3 is 2.63 bits per heavy atom. The number of fused-ring (bicyclic) bond motifs is 1. The van der Waals surface area contributed by atoms with Gasteiger partial charge in [0, 0.05) is 21.5 Å². The highest BCUT2D eigenvalue weighted by molar-refractivity contribution is 9.10. The first kappa shape index (κ1) is 13.4. The number of carboxylic acid groups (broad SMARTS) is 1. The minimum absolute atomic E-state index is 0.0147. The fourth-order valence-electron chi connectivity index (χ4n) is 1.68. The van der Waals surface area contributed by atoms with Crippen molar-refractivity contribution in [3.63, 3.8) is 0 Å². The first-order valence-electron chi connectivity index (χ1n) is 5.27. The van der Waals surface area contributed by atoms with Crippen molar-refractivity contribution in [3.8, 4) is 0 Å². The second kappa shape index (κ2) is 4.89. The number of carbonyl (C=O) groups excluding carboxylic acids is 1. The van der Waals surface area contributed by atoms with Crippen LogP contribution in [0.4, 0.5) is 0 Å². The third-order valence-corrected chi connectivity index (χ3v) is 3.10. The number of benzene rings is 1. The second-order valence-corrected chi connectivity index (χ2v) is 4.81. The van der Waals surface area contributed by atoms with Crippen LogP contribution in [-0.2, 0) is 4.79 Å². The van der Waals surface area contributed by atoms with Crippen molar-refractivity contribution in [1.82, 2.24) is 0 Å². The van der Waals surface area contributed by atoms with Gasteiger partial charge in [0.2, 0.25) is 11.5 Å². The number of carboxylic acids is 1. The zero-order valence-corrected chi connectivity index (χ0v) is 11.4. The van der Waals surface area contributed by atoms with E-state index in [1.807, 2.05) is 0 Å². The summed E-state index contributed by atoms with van der Waals surface area (Å²) in [6.07, 6.45) is 0.627. The first-order chi connectivity index (χ1) is 8.90. The summed E-state index contributed by atoms with van der Waals surface area (Å²) in [6.45, 7) is 1.69. The maximum absolute atomic E-state index is 11.8. The van der Waals surface area contributed by atoms with E-state index in [1.165, 1.54) is 0 Å². The summed E-state index contributed by atoms with van der Waals surface area (Å²) >= 11 is 3.32. The molecule has 1 aromatic carbocycles. The highest BCUT2D eigenvalue weighted by Crippen LogP contribution is 2.28. The summed E-state index contributed by atoms with van der Waals surface area (Å²) in [5.41, 5.74) is 1.11. The van der Waals surface area contributed by atoms with Crippen LogP contribution in [0.2, 0.25) is 0 Å². The van der Waals surface area contributed by atoms with E-state index in [1.54, 1.807) is 25.1 Å². The number of hydrogen-bond donors (Lipinski definition) is 2. The number of carbonyl (C=O) groups is 2. The fourth-order valence-corrected chi connectivity index (χ4v) is 2.04. The molecule has 5 nitrogen and oxygen atoms in total. The van der Waals surface area contributed by atoms with Crippen LogP contribution in [0.25, 0.3) is 11.0 Å². The Labute approximate surface area is 116 Å². The zero-order valence-electron chi connectivity index (χ0n) is 9.81. The Balaban J connectivity index is 2.52. The molecule has 6 heteroatoms. The number of aliphatic hydroxyl groups excluding tert-OH is 1. The molecule has 0 aliphatic carbocycles. The minimum atomic E-state index is -1.56. The van der Waals surface area contributed by atoms with Crippen molar-refractivity contribution in [3.05, 3.63) is 45.8 Å². The molecule has 19 heavy (non-hydrogen) atoms. The summed E-state index contributed by atoms with van der Waals surface area (Å²) in [4.78, 5) is 22.3. The fraction of sp³-hybridized carbons (Fsp3) is 0.0769. The minimum Gasteiger partial charge on any atom is -0.502 e. The predicted octanol–water partition coefficient (Wildman–Crippen LogP) is 3.21. The van der Waals surface area contributed by atoms with E-state index in [9.17, 15) is 9.59 Å². The van der Waals surface area contributed by atoms with Gasteiger partial charge in [-0.1, -0.05) is 15.9 Å². The van der Waals surface area contributed by atoms with E-state index in [0.717, 1.165) is 9.86 Å². The van der Waals surface area contributed by atoms with Crippen molar-refractivity contribution < 1.29 is 24.2 Å². The first-order valence-corrected chi connectivity index (χ1v) is 6.06. The molecule has 0 saturated carbocycles. The summed E-state index contributed by atoms with van der Waals surface area (Å²) in [7, 11) is 0. The van der Waals surface area contributed by atoms with Gasteiger partial charge in [0.25, 0.3) is 0 Å². The van der Waals surface area contributed by atoms with Crippen LogP contribution in [0.3, 0.4) is 0 Å². The molecule has 1 aromatic heterocycles. The summed E-state index contributed by atoms with van der Waals surface area (Å²) in [5.74, 6) is -3.26. The number of rotatable bonds is 3. The Hall–Kier alpha value is -2.08. The molecular weight excluding hydrogens is 316 g/mol. The molecule has 0 atom stereocenters. The van der Waals surface area contributed by atoms with Gasteiger partial charge < -0.3 is 14.6 Å². The van der Waals surface area contributed by atoms with Gasteiger partial charge in [0.15, 0.2) is 5.76 Å². The second-order valence-electron chi connectivity index (χ2n) is 3.90. The van der Waals surface area contributed by atoms with Gasteiger partial charge in [0.1, 0.15) is 5.58 Å². The van der Waals surface area contributed by atoms with Gasteiger partial charge in [-0.05, 0) is 25.1 Å². The topological polar surface area (TPSA) is 87.7 Å². The lowest BCUT2D eigenvalue weighted by molar-refractivity contribution is -0.135. The number of aliphatic hydroxyl groups is 1. The molecule has 2 N–H and O–H groups in total. The van der Waals surface area contributed by atoms with Gasteiger partial charge in [-0.25, -0.2) is 4.79 Å². The van der Waals surface area contributed by atoms with Crippen LogP contribution in [0.5, 0.6) is 0 Å². The molecule has 0 radical (unpaired) electrons. The average Bonchev–Trinajstić information content (AvgIpc) is 2.66. The van der Waals surface area contributed by atoms with Crippen molar-refractivity contribution in [2.24, 2.45) is 0 Å². The van der Waals surface area contributed by atoms with Crippen LogP contribution in [0.1, 0.15) is 16.1 Å². The molecule has 0 fully saturated rings. The third kappa shape index (κ3) is 2.53. The van der Waals surface area contributed by atoms with Gasteiger partial charge in [-0.3, -0.25) is 4.79 Å². The van der Waals surface area contributed by atoms with Gasteiger partial charge in [0.05, 0.1) is 0 Å². The summed E-state index contributed by atoms with van der Waals surface area (Å²) < 4.78 is 6.22. The third-order valence-electron chi connectivity index (χ3n) is 2.61. The Morgan fingerprint density at radius 2 is 2.00 bits per heavy atom. The van der Waals surface area contributed by atoms with E-state index < -0.39 is 17.5 Å². The SMILES string of the molecule is Cc1c(C(=O)/C=C(\O)C(=O)O)oc2ccc(Br)cc12. The van der Waals surface area contributed by atoms with Crippen molar-refractivity contribution >= 4 is 38.7 Å². The van der Waals surface area contributed by atoms with Gasteiger partial charge in [-0.15, -0.1) is 0 Å². The zero-order chi connectivity index (χ0) is 14.2. The van der Waals surface area contributed by atoms with Gasteiger partial charge in [-0.2, -0.15) is 0 Å². The molecule has 0 aliphatic heterocycles. The van der Waals surface area contributed by atoms with E-state index in [0.29, 0.717) is 17.2 Å². The van der Waals surface area contributed by atoms with Crippen LogP contribution in [-0.4, -0.2) is 22.0 Å². The number of allylic oxidation sites excluding steroid dienone is 1. The number of halogens is 1. The van der Waals surface area contributed by atoms with E-state index in [-0.39, 0.29) is 5.76 Å². The lowest BCUT2D eigenvalue weighted by atomic mass is 10.1. The van der Waals surface area contributed by atoms with Gasteiger partial charge >= 0.3 is 5.97 Å². The maximum Gasteiger partial charge on any atom is 0.371 e. The molecular formula is C13H9BrO5. The molecule has 2 aromatic rings. The van der Waals surface area contributed by atoms with Crippen LogP contribution < -0.4 is 0 Å². The van der Waals surface area contributed by atoms with Crippen molar-refractivity contribution in [2.75, 3.05) is 0 Å². The molecule has 2 rings (SSSR count). The number of aliphatic carboxylic acids is 1. The number of furan rings is 1. The summed E-state index contributed by atoms with van der Waals surface area (Å²) in [5, 5.41) is 18.3. The average molecular weight is 325 g/mol. The largest absolute Gasteiger partial charge is 0.502 e. The van der Waals surface area contributed by atoms with Crippen LogP contribution in [0, 0.1) is 6.92 Å². The summed E-state index contributed by atoms with van der Waals surface area (Å²) in [6, 6.07) is 5.26. The molecule has 0 bridgehead atoms. The lowest BCUT2D eigenvalue weighted by Gasteiger charge is -1.93. The van der Waals surface area contributed by atoms with E-state index >= 15 is 0 Å². The standard InChI is InChI=1S/C13H9BrO5/c1-6-8-4-7(14)2-3-11(8)19-12(6)9(15)5-10(16)13(17)18/h2-5,16H,1H3,(H,17,18)/b10-5-. The maximum atomic E-state index is 11.8. The lowest BCUT2D eigenvalue weighted by Crippen LogP contribution is -2.04. The number of ketones is 1. The molecule has 98 valence electrons. The normalized spacial score (nSPS) is 11.8. The van der Waals surface area contributed by atoms with Crippen molar-refractivity contribution in [2.45, 2.75) is 6.92 Å². The Kier molecular flexibility index (Phi) is 3.44. The Bertz CT molecular complexity index is 711. The van der Waals surface area contributed by atoms with E-state index in [4.69, 9.17) is 14.6 Å². The highest BCUT2D eigenvalue weighted by Gasteiger charge is 2.18. The van der Waals surface area contributed by atoms with Crippen LogP contribution in [0.15, 0.2) is 38.9 Å². The van der Waals surface area contributed by atoms with Crippen LogP contribution >= 0.6 is 15.9 Å². The van der Waals surface area contributed by atoms with E-state index in [2.05, 4.69) is 15.9 Å². The molecule has 0 unspecified atom stereocenters. The molecule has 0 amide bonds. The Morgan fingerprint density at radius 1 is 1.32 bits per heavy atom. The molecule has 0 aliphatic rings. The number of hydrogen-bond acceptors (Lipinski definition) is 4. The van der Waals surface area contributed by atoms with Crippen molar-refractivity contribution in [1.29, 1.82) is 0 Å². The quantitative estimate of drug-likeness (QED) is 0.514. The predicted molar refractivity (Wildman–Crippen MR) is 71.3 cm³/mol. The molecule has 1 heterocycles. The molecule has 0 saturated heterocycles. The molecule has 0 spiro atoms. The monoisotopic (exact) mass is 324 g/mol. The highest BCUT2D eigenvalue weighted by atomic mass is 79.9. The number of aryl methyl sites for hydroxylation is 1. The smallest absolute Gasteiger partial charge is 0.371 e.